The van der Waals surface area contributed by atoms with Gasteiger partial charge in [-0.3, -0.25) is 4.79 Å². The minimum Gasteiger partial charge on any atom is -0.338 e. The molecule has 0 aliphatic rings. The van der Waals surface area contributed by atoms with Gasteiger partial charge in [0.2, 0.25) is 0 Å². The molecule has 0 atom stereocenters. The van der Waals surface area contributed by atoms with Gasteiger partial charge in [-0.2, -0.15) is 10.1 Å². The predicted molar refractivity (Wildman–Crippen MR) is 67.4 cm³/mol. The van der Waals surface area contributed by atoms with Crippen LogP contribution in [0.5, 0.6) is 0 Å². The van der Waals surface area contributed by atoms with Gasteiger partial charge < -0.3 is 4.98 Å². The van der Waals surface area contributed by atoms with Crippen molar-refractivity contribution in [2.75, 3.05) is 5.43 Å². The number of benzene rings is 1. The molecule has 0 aliphatic carbocycles. The Morgan fingerprint density at radius 3 is 3.06 bits per heavy atom. The monoisotopic (exact) mass is 240 g/mol. The first kappa shape index (κ1) is 10.3. The van der Waals surface area contributed by atoms with Crippen molar-refractivity contribution in [3.05, 3.63) is 24.3 Å². The lowest BCUT2D eigenvalue weighted by Gasteiger charge is -1.95. The second-order valence-corrected chi connectivity index (χ2v) is 3.53. The van der Waals surface area contributed by atoms with Crippen LogP contribution in [-0.2, 0) is 4.79 Å². The normalized spacial score (nSPS) is 11.3. The van der Waals surface area contributed by atoms with Crippen LogP contribution in [0.2, 0.25) is 0 Å². The highest BCUT2D eigenvalue weighted by atomic mass is 16.1. The Bertz CT molecular complexity index is 747. The van der Waals surface area contributed by atoms with Gasteiger partial charge in [0.1, 0.15) is 5.52 Å². The van der Waals surface area contributed by atoms with Crippen molar-refractivity contribution in [2.24, 2.45) is 5.10 Å². The molecular formula is C11H8N6O. The van der Waals surface area contributed by atoms with E-state index in [0.717, 1.165) is 17.1 Å². The van der Waals surface area contributed by atoms with Crippen LogP contribution in [0.15, 0.2) is 29.4 Å². The van der Waals surface area contributed by atoms with Crippen LogP contribution < -0.4 is 5.43 Å². The van der Waals surface area contributed by atoms with Crippen LogP contribution in [-0.4, -0.2) is 32.7 Å². The number of nitrogens with one attached hydrogen (secondary N) is 2. The van der Waals surface area contributed by atoms with Gasteiger partial charge in [-0.05, 0) is 6.07 Å². The molecule has 3 rings (SSSR count). The number of hydrogen-bond donors (Lipinski definition) is 2. The molecular weight excluding hydrogens is 232 g/mol. The lowest BCUT2D eigenvalue weighted by Crippen LogP contribution is -1.98. The summed E-state index contributed by atoms with van der Waals surface area (Å²) in [5.41, 5.74) is 4.79. The number of nitrogens with zero attached hydrogens (tertiary/aromatic N) is 4. The third-order valence-electron chi connectivity index (χ3n) is 2.42. The molecule has 3 aromatic rings. The summed E-state index contributed by atoms with van der Waals surface area (Å²) in [7, 11) is 0. The molecule has 0 fully saturated rings. The highest BCUT2D eigenvalue weighted by molar-refractivity contribution is 6.13. The fraction of sp³-hybridized carbons (Fsp3) is 0. The van der Waals surface area contributed by atoms with Crippen molar-refractivity contribution >= 4 is 40.5 Å². The number of hydrogen-bond acceptors (Lipinski definition) is 6. The summed E-state index contributed by atoms with van der Waals surface area (Å²) in [5.74, 6) is 0.229. The first-order valence-corrected chi connectivity index (χ1v) is 5.22. The van der Waals surface area contributed by atoms with E-state index in [9.17, 15) is 4.79 Å². The van der Waals surface area contributed by atoms with Crippen molar-refractivity contribution in [1.29, 1.82) is 0 Å². The number of aldehydes is 1. The van der Waals surface area contributed by atoms with Crippen LogP contribution in [0, 0.1) is 0 Å². The zero-order valence-corrected chi connectivity index (χ0v) is 9.16. The van der Waals surface area contributed by atoms with E-state index in [1.54, 1.807) is 0 Å². The second-order valence-electron chi connectivity index (χ2n) is 3.53. The first-order valence-electron chi connectivity index (χ1n) is 5.22. The highest BCUT2D eigenvalue weighted by Crippen LogP contribution is 2.21. The summed E-state index contributed by atoms with van der Waals surface area (Å²) in [6.07, 6.45) is 1.63. The Hall–Kier alpha value is -2.83. The van der Waals surface area contributed by atoms with Gasteiger partial charge in [-0.15, -0.1) is 10.2 Å². The molecule has 18 heavy (non-hydrogen) atoms. The lowest BCUT2D eigenvalue weighted by molar-refractivity contribution is -0.102. The molecule has 0 amide bonds. The number of aromatic nitrogens is 4. The zero-order chi connectivity index (χ0) is 12.4. The summed E-state index contributed by atoms with van der Waals surface area (Å²) in [6, 6.07) is 7.75. The standard InChI is InChI=1S/C11H8N6O/c18-6-5-12-16-11-14-10-9(15-17-11)7-3-1-2-4-8(7)13-10/h1-6H,(H2,13,14,16,17). The zero-order valence-electron chi connectivity index (χ0n) is 9.16. The molecule has 2 N–H and O–H groups in total. The maximum absolute atomic E-state index is 10.1. The minimum absolute atomic E-state index is 0.229. The van der Waals surface area contributed by atoms with Gasteiger partial charge in [-0.1, -0.05) is 18.2 Å². The molecule has 0 saturated carbocycles. The van der Waals surface area contributed by atoms with Crippen LogP contribution >= 0.6 is 0 Å². The maximum atomic E-state index is 10.1. The number of para-hydroxylation sites is 1. The molecule has 7 heteroatoms. The largest absolute Gasteiger partial charge is 0.338 e. The highest BCUT2D eigenvalue weighted by Gasteiger charge is 2.07. The molecule has 2 aromatic heterocycles. The number of aromatic amines is 1. The van der Waals surface area contributed by atoms with Crippen LogP contribution in [0.25, 0.3) is 22.1 Å². The Labute approximate surface area is 101 Å². The molecule has 0 unspecified atom stereocenters. The van der Waals surface area contributed by atoms with E-state index in [2.05, 4.69) is 30.7 Å². The van der Waals surface area contributed by atoms with E-state index >= 15 is 0 Å². The number of carbonyl (C=O) groups is 1. The van der Waals surface area contributed by atoms with Crippen molar-refractivity contribution in [2.45, 2.75) is 0 Å². The molecule has 1 aromatic carbocycles. The van der Waals surface area contributed by atoms with Crippen molar-refractivity contribution in [3.8, 4) is 0 Å². The summed E-state index contributed by atoms with van der Waals surface area (Å²) in [4.78, 5) is 17.4. The van der Waals surface area contributed by atoms with E-state index in [4.69, 9.17) is 0 Å². The maximum Gasteiger partial charge on any atom is 0.265 e. The van der Waals surface area contributed by atoms with E-state index in [1.165, 1.54) is 0 Å². The van der Waals surface area contributed by atoms with Crippen molar-refractivity contribution in [3.63, 3.8) is 0 Å². The number of fused-ring (bicyclic) bond motifs is 3. The Balaban J connectivity index is 2.09. The molecule has 0 aliphatic heterocycles. The number of rotatable bonds is 3. The number of carbonyl (C=O) groups excluding carboxylic acids is 1. The Morgan fingerprint density at radius 1 is 1.28 bits per heavy atom. The fourth-order valence-corrected chi connectivity index (χ4v) is 1.69. The molecule has 88 valence electrons. The van der Waals surface area contributed by atoms with Crippen molar-refractivity contribution in [1.82, 2.24) is 20.2 Å². The van der Waals surface area contributed by atoms with Gasteiger partial charge in [0.15, 0.2) is 11.9 Å². The SMILES string of the molecule is O=CC=NNc1nnc2c(n1)[nH]c1ccccc12. The molecule has 2 heterocycles. The molecule has 0 radical (unpaired) electrons. The van der Waals surface area contributed by atoms with Crippen molar-refractivity contribution < 1.29 is 4.79 Å². The third-order valence-corrected chi connectivity index (χ3v) is 2.42. The second kappa shape index (κ2) is 4.21. The van der Waals surface area contributed by atoms with Gasteiger partial charge in [0.05, 0.1) is 6.21 Å². The van der Waals surface area contributed by atoms with Gasteiger partial charge in [0.25, 0.3) is 5.95 Å². The topological polar surface area (TPSA) is 95.9 Å². The van der Waals surface area contributed by atoms with Crippen LogP contribution in [0.4, 0.5) is 5.95 Å². The number of anilines is 1. The summed E-state index contributed by atoms with van der Waals surface area (Å²) in [5, 5.41) is 12.5. The van der Waals surface area contributed by atoms with E-state index in [1.807, 2.05) is 24.3 Å². The van der Waals surface area contributed by atoms with E-state index < -0.39 is 0 Å². The molecule has 0 bridgehead atoms. The molecule has 0 spiro atoms. The first-order chi connectivity index (χ1) is 8.88. The predicted octanol–water partition coefficient (Wildman–Crippen LogP) is 1.10. The van der Waals surface area contributed by atoms with Gasteiger partial charge in [-0.25, -0.2) is 5.43 Å². The molecule has 0 saturated heterocycles. The van der Waals surface area contributed by atoms with Gasteiger partial charge in [0, 0.05) is 10.9 Å². The summed E-state index contributed by atoms with van der Waals surface area (Å²) in [6.45, 7) is 0. The average Bonchev–Trinajstić information content (AvgIpc) is 2.76. The van der Waals surface area contributed by atoms with E-state index in [0.29, 0.717) is 17.5 Å². The Morgan fingerprint density at radius 2 is 2.17 bits per heavy atom. The summed E-state index contributed by atoms with van der Waals surface area (Å²) < 4.78 is 0. The quantitative estimate of drug-likeness (QED) is 0.406. The Kier molecular flexibility index (Phi) is 2.41. The van der Waals surface area contributed by atoms with Gasteiger partial charge >= 0.3 is 0 Å². The van der Waals surface area contributed by atoms with Crippen LogP contribution in [0.3, 0.4) is 0 Å². The lowest BCUT2D eigenvalue weighted by atomic mass is 10.2. The average molecular weight is 240 g/mol. The minimum atomic E-state index is 0.229. The third kappa shape index (κ3) is 1.67. The summed E-state index contributed by atoms with van der Waals surface area (Å²) >= 11 is 0. The number of hydrazone groups is 1. The van der Waals surface area contributed by atoms with Crippen LogP contribution in [0.1, 0.15) is 0 Å². The number of H-pyrrole nitrogens is 1. The molecule has 7 nitrogen and oxygen atoms in total. The van der Waals surface area contributed by atoms with E-state index in [-0.39, 0.29) is 5.95 Å². The fourth-order valence-electron chi connectivity index (χ4n) is 1.69. The smallest absolute Gasteiger partial charge is 0.265 e.